The number of aliphatic carboxylic acids is 1. The number of sulfonamides is 1. The van der Waals surface area contributed by atoms with Crippen LogP contribution in [0.3, 0.4) is 0 Å². The molecule has 13 heteroatoms. The number of nitrogens with one attached hydrogen (secondary N) is 2. The van der Waals surface area contributed by atoms with E-state index < -0.39 is 21.9 Å². The number of anilines is 2. The van der Waals surface area contributed by atoms with E-state index in [1.54, 1.807) is 0 Å². The Morgan fingerprint density at radius 3 is 2.40 bits per heavy atom. The monoisotopic (exact) mass is 454 g/mol. The minimum Gasteiger partial charge on any atom is -0.481 e. The van der Waals surface area contributed by atoms with Gasteiger partial charge in [0.15, 0.2) is 0 Å². The number of unbranched alkanes of at least 4 members (excludes halogenated alkanes) is 1. The fourth-order valence-electron chi connectivity index (χ4n) is 2.26. The summed E-state index contributed by atoms with van der Waals surface area (Å²) >= 11 is 1.16. The lowest BCUT2D eigenvalue weighted by Gasteiger charge is -2.07. The van der Waals surface area contributed by atoms with Crippen molar-refractivity contribution in [2.24, 2.45) is 10.8 Å². The number of hydrogen-bond donors (Lipinski definition) is 4. The Hall–Kier alpha value is -3.06. The average molecular weight is 455 g/mol. The highest BCUT2D eigenvalue weighted by Gasteiger charge is 2.16. The van der Waals surface area contributed by atoms with E-state index in [0.29, 0.717) is 24.9 Å². The van der Waals surface area contributed by atoms with Crippen molar-refractivity contribution < 1.29 is 23.1 Å². The molecular formula is C17H22N6O5S2. The molecule has 0 saturated carbocycles. The number of aromatic nitrogens is 2. The minimum absolute atomic E-state index is 0.000251. The summed E-state index contributed by atoms with van der Waals surface area (Å²) in [5, 5.41) is 21.1. The largest absolute Gasteiger partial charge is 0.481 e. The maximum atomic E-state index is 12.4. The molecule has 2 aromatic rings. The van der Waals surface area contributed by atoms with Crippen LogP contribution in [-0.4, -0.2) is 41.3 Å². The van der Waals surface area contributed by atoms with Gasteiger partial charge < -0.3 is 10.8 Å². The normalized spacial score (nSPS) is 11.8. The summed E-state index contributed by atoms with van der Waals surface area (Å²) < 4.78 is 27.3. The quantitative estimate of drug-likeness (QED) is 0.213. The Morgan fingerprint density at radius 1 is 1.17 bits per heavy atom. The van der Waals surface area contributed by atoms with Crippen LogP contribution in [-0.2, 0) is 26.0 Å². The van der Waals surface area contributed by atoms with Crippen molar-refractivity contribution in [2.45, 2.75) is 43.9 Å². The number of rotatable bonds is 12. The number of carboxylic acid groups (broad SMARTS) is 1. The van der Waals surface area contributed by atoms with Crippen LogP contribution in [0.2, 0.25) is 0 Å². The maximum Gasteiger partial charge on any atom is 0.303 e. The van der Waals surface area contributed by atoms with Gasteiger partial charge in [-0.25, -0.2) is 8.42 Å². The SMILES string of the molecule is CCc1nnc(NS(=O)(=O)c2ccc(N/N=C(/CCCCC(=O)O)C(N)=O)cc2)s1. The number of benzene rings is 1. The van der Waals surface area contributed by atoms with Gasteiger partial charge in [0.25, 0.3) is 15.9 Å². The van der Waals surface area contributed by atoms with Gasteiger partial charge in [0.1, 0.15) is 10.7 Å². The molecule has 1 heterocycles. The summed E-state index contributed by atoms with van der Waals surface area (Å²) in [6, 6.07) is 5.72. The van der Waals surface area contributed by atoms with Crippen LogP contribution in [0.25, 0.3) is 0 Å². The number of primary amides is 1. The Bertz CT molecular complexity index is 1020. The van der Waals surface area contributed by atoms with E-state index in [2.05, 4.69) is 25.4 Å². The minimum atomic E-state index is -3.82. The first kappa shape index (κ1) is 23.2. The average Bonchev–Trinajstić information content (AvgIpc) is 3.14. The van der Waals surface area contributed by atoms with Crippen molar-refractivity contribution in [1.82, 2.24) is 10.2 Å². The first-order valence-corrected chi connectivity index (χ1v) is 11.3. The Kier molecular flexibility index (Phi) is 8.24. The van der Waals surface area contributed by atoms with E-state index in [-0.39, 0.29) is 28.6 Å². The zero-order chi connectivity index (χ0) is 22.1. The van der Waals surface area contributed by atoms with Crippen LogP contribution in [0.1, 0.15) is 37.6 Å². The number of carbonyl (C=O) groups is 2. The van der Waals surface area contributed by atoms with Gasteiger partial charge in [-0.2, -0.15) is 5.10 Å². The van der Waals surface area contributed by atoms with Crippen LogP contribution in [0.5, 0.6) is 0 Å². The van der Waals surface area contributed by atoms with Crippen molar-refractivity contribution in [3.05, 3.63) is 29.3 Å². The van der Waals surface area contributed by atoms with Gasteiger partial charge in [-0.15, -0.1) is 10.2 Å². The summed E-state index contributed by atoms with van der Waals surface area (Å²) in [4.78, 5) is 22.0. The maximum absolute atomic E-state index is 12.4. The molecule has 0 aliphatic heterocycles. The van der Waals surface area contributed by atoms with Gasteiger partial charge in [0.2, 0.25) is 5.13 Å². The second-order valence-corrected chi connectivity index (χ2v) is 8.86. The molecule has 0 bridgehead atoms. The molecule has 0 spiro atoms. The van der Waals surface area contributed by atoms with E-state index in [1.165, 1.54) is 24.3 Å². The molecule has 0 fully saturated rings. The Balaban J connectivity index is 2.00. The standard InChI is InChI=1S/C17H22N6O5S2/c1-2-14-21-22-17(29-14)23-30(27,28)12-9-7-11(8-10-12)19-20-13(16(18)26)5-3-4-6-15(24)25/h7-10,19H,2-6H2,1H3,(H2,18,26)(H,22,23)(H,24,25)/b20-13-. The van der Waals surface area contributed by atoms with Crippen LogP contribution >= 0.6 is 11.3 Å². The molecule has 0 radical (unpaired) electrons. The van der Waals surface area contributed by atoms with Crippen molar-refractivity contribution in [2.75, 3.05) is 10.1 Å². The molecule has 30 heavy (non-hydrogen) atoms. The summed E-state index contributed by atoms with van der Waals surface area (Å²) in [5.41, 5.74) is 8.45. The molecule has 0 aliphatic rings. The molecule has 1 aromatic heterocycles. The number of aryl methyl sites for hydroxylation is 1. The van der Waals surface area contributed by atoms with Crippen LogP contribution < -0.4 is 15.9 Å². The second kappa shape index (κ2) is 10.6. The highest BCUT2D eigenvalue weighted by atomic mass is 32.2. The molecule has 0 aliphatic carbocycles. The van der Waals surface area contributed by atoms with E-state index in [0.717, 1.165) is 16.3 Å². The fraction of sp³-hybridized carbons (Fsp3) is 0.353. The Labute approximate surface area is 177 Å². The van der Waals surface area contributed by atoms with Crippen molar-refractivity contribution >= 4 is 49.8 Å². The summed E-state index contributed by atoms with van der Waals surface area (Å²) in [7, 11) is -3.82. The summed E-state index contributed by atoms with van der Waals surface area (Å²) in [6.45, 7) is 1.90. The molecule has 5 N–H and O–H groups in total. The van der Waals surface area contributed by atoms with Crippen LogP contribution in [0, 0.1) is 0 Å². The number of nitrogens with two attached hydrogens (primary N) is 1. The first-order valence-electron chi connectivity index (χ1n) is 9.00. The van der Waals surface area contributed by atoms with E-state index >= 15 is 0 Å². The van der Waals surface area contributed by atoms with Crippen molar-refractivity contribution in [3.8, 4) is 0 Å². The molecular weight excluding hydrogens is 432 g/mol. The number of carbonyl (C=O) groups excluding carboxylic acids is 1. The van der Waals surface area contributed by atoms with Crippen molar-refractivity contribution in [1.29, 1.82) is 0 Å². The van der Waals surface area contributed by atoms with Gasteiger partial charge in [-0.3, -0.25) is 19.7 Å². The molecule has 0 atom stereocenters. The van der Waals surface area contributed by atoms with Crippen molar-refractivity contribution in [3.63, 3.8) is 0 Å². The number of amides is 1. The second-order valence-electron chi connectivity index (χ2n) is 6.12. The number of carboxylic acids is 1. The Morgan fingerprint density at radius 2 is 1.83 bits per heavy atom. The van der Waals surface area contributed by atoms with Gasteiger partial charge in [0, 0.05) is 6.42 Å². The lowest BCUT2D eigenvalue weighted by atomic mass is 10.1. The third-order valence-corrected chi connectivity index (χ3v) is 6.28. The number of hydrogen-bond acceptors (Lipinski definition) is 9. The van der Waals surface area contributed by atoms with E-state index in [1.807, 2.05) is 6.92 Å². The third-order valence-electron chi connectivity index (χ3n) is 3.81. The van der Waals surface area contributed by atoms with Crippen LogP contribution in [0.4, 0.5) is 10.8 Å². The molecule has 1 amide bonds. The fourth-order valence-corrected chi connectivity index (χ4v) is 4.16. The topological polar surface area (TPSA) is 177 Å². The molecule has 11 nitrogen and oxygen atoms in total. The number of nitrogens with zero attached hydrogens (tertiary/aromatic N) is 3. The zero-order valence-electron chi connectivity index (χ0n) is 16.2. The predicted molar refractivity (Wildman–Crippen MR) is 113 cm³/mol. The molecule has 1 aromatic carbocycles. The summed E-state index contributed by atoms with van der Waals surface area (Å²) in [5.74, 6) is -1.63. The smallest absolute Gasteiger partial charge is 0.303 e. The zero-order valence-corrected chi connectivity index (χ0v) is 17.8. The number of hydrazone groups is 1. The van der Waals surface area contributed by atoms with E-state index in [4.69, 9.17) is 10.8 Å². The highest BCUT2D eigenvalue weighted by Crippen LogP contribution is 2.21. The molecule has 162 valence electrons. The third kappa shape index (κ3) is 7.08. The predicted octanol–water partition coefficient (Wildman–Crippen LogP) is 1.80. The molecule has 0 saturated heterocycles. The van der Waals surface area contributed by atoms with E-state index in [9.17, 15) is 18.0 Å². The van der Waals surface area contributed by atoms with Gasteiger partial charge in [-0.05, 0) is 49.9 Å². The van der Waals surface area contributed by atoms with Gasteiger partial charge in [-0.1, -0.05) is 18.3 Å². The first-order chi connectivity index (χ1) is 14.2. The lowest BCUT2D eigenvalue weighted by molar-refractivity contribution is -0.137. The van der Waals surface area contributed by atoms with Crippen LogP contribution in [0.15, 0.2) is 34.3 Å². The highest BCUT2D eigenvalue weighted by molar-refractivity contribution is 7.93. The molecule has 2 rings (SSSR count). The lowest BCUT2D eigenvalue weighted by Crippen LogP contribution is -2.24. The van der Waals surface area contributed by atoms with Gasteiger partial charge in [0.05, 0.1) is 10.6 Å². The summed E-state index contributed by atoms with van der Waals surface area (Å²) in [6.07, 6.45) is 1.74. The van der Waals surface area contributed by atoms with Gasteiger partial charge >= 0.3 is 5.97 Å². The molecule has 0 unspecified atom stereocenters.